The Morgan fingerprint density at radius 2 is 2.08 bits per heavy atom. The van der Waals surface area contributed by atoms with Gasteiger partial charge in [-0.15, -0.1) is 0 Å². The molecule has 3 rings (SSSR count). The molecule has 1 aromatic rings. The number of β-amino-alcohol motifs (C(OH)–C–C–N with tert-alkyl or cyclic N) is 1. The lowest BCUT2D eigenvalue weighted by Crippen LogP contribution is -2.45. The van der Waals surface area contributed by atoms with Gasteiger partial charge in [0, 0.05) is 6.54 Å². The second-order valence-corrected chi connectivity index (χ2v) is 7.66. The van der Waals surface area contributed by atoms with E-state index >= 15 is 0 Å². The molecule has 0 radical (unpaired) electrons. The van der Waals surface area contributed by atoms with Crippen LogP contribution in [0.25, 0.3) is 0 Å². The number of rotatable bonds is 8. The summed E-state index contributed by atoms with van der Waals surface area (Å²) < 4.78 is 5.20. The van der Waals surface area contributed by atoms with Gasteiger partial charge in [-0.05, 0) is 56.2 Å². The Hall–Kier alpha value is -1.63. The minimum absolute atomic E-state index is 0.105. The first-order chi connectivity index (χ1) is 12.6. The number of nitrogens with one attached hydrogen (secondary N) is 1. The summed E-state index contributed by atoms with van der Waals surface area (Å²) in [5.41, 5.74) is 1.16. The van der Waals surface area contributed by atoms with E-state index in [1.165, 1.54) is 12.8 Å². The number of aliphatic hydroxyl groups excluding tert-OH is 2. The molecule has 1 saturated heterocycles. The Balaban J connectivity index is 1.32. The van der Waals surface area contributed by atoms with E-state index < -0.39 is 6.09 Å². The normalized spacial score (nSPS) is 22.8. The van der Waals surface area contributed by atoms with Crippen LogP contribution in [0.3, 0.4) is 0 Å². The predicted molar refractivity (Wildman–Crippen MR) is 98.6 cm³/mol. The van der Waals surface area contributed by atoms with Crippen LogP contribution in [0.15, 0.2) is 30.3 Å². The SMILES string of the molecule is O=C(N[C@H](CO)CCCN1CCC2(CC2)C(O)C1)OCc1ccccc1. The van der Waals surface area contributed by atoms with Gasteiger partial charge in [0.15, 0.2) is 0 Å². The number of amides is 1. The van der Waals surface area contributed by atoms with Gasteiger partial charge >= 0.3 is 6.09 Å². The molecule has 6 heteroatoms. The number of nitrogens with zero attached hydrogens (tertiary/aromatic N) is 1. The average molecular weight is 362 g/mol. The molecule has 2 atom stereocenters. The van der Waals surface area contributed by atoms with Crippen LogP contribution in [-0.4, -0.2) is 59.6 Å². The van der Waals surface area contributed by atoms with Crippen LogP contribution in [-0.2, 0) is 11.3 Å². The maximum atomic E-state index is 11.9. The Morgan fingerprint density at radius 3 is 2.73 bits per heavy atom. The van der Waals surface area contributed by atoms with Gasteiger partial charge in [0.2, 0.25) is 0 Å². The van der Waals surface area contributed by atoms with Crippen molar-refractivity contribution in [2.45, 2.75) is 50.9 Å². The molecule has 1 aliphatic heterocycles. The van der Waals surface area contributed by atoms with E-state index in [0.29, 0.717) is 6.42 Å². The van der Waals surface area contributed by atoms with E-state index in [1.807, 2.05) is 30.3 Å². The number of likely N-dealkylation sites (tertiary alicyclic amines) is 1. The van der Waals surface area contributed by atoms with Gasteiger partial charge in [-0.25, -0.2) is 4.79 Å². The molecule has 0 aromatic heterocycles. The highest BCUT2D eigenvalue weighted by atomic mass is 16.5. The fourth-order valence-electron chi connectivity index (χ4n) is 3.73. The van der Waals surface area contributed by atoms with Crippen LogP contribution in [0.4, 0.5) is 4.79 Å². The number of benzene rings is 1. The van der Waals surface area contributed by atoms with Crippen molar-refractivity contribution >= 4 is 6.09 Å². The number of alkyl carbamates (subject to hydrolysis) is 1. The van der Waals surface area contributed by atoms with E-state index in [-0.39, 0.29) is 30.8 Å². The summed E-state index contributed by atoms with van der Waals surface area (Å²) in [5, 5.41) is 22.5. The lowest BCUT2D eigenvalue weighted by atomic mass is 9.90. The van der Waals surface area contributed by atoms with Crippen molar-refractivity contribution in [3.05, 3.63) is 35.9 Å². The van der Waals surface area contributed by atoms with Crippen LogP contribution < -0.4 is 5.32 Å². The Morgan fingerprint density at radius 1 is 1.31 bits per heavy atom. The minimum Gasteiger partial charge on any atom is -0.445 e. The van der Waals surface area contributed by atoms with E-state index in [9.17, 15) is 15.0 Å². The molecular formula is C20H30N2O4. The molecule has 144 valence electrons. The molecule has 3 N–H and O–H groups in total. The summed E-state index contributed by atoms with van der Waals surface area (Å²) in [6.45, 7) is 2.78. The number of ether oxygens (including phenoxy) is 1. The molecule has 1 aromatic carbocycles. The molecular weight excluding hydrogens is 332 g/mol. The number of carbonyl (C=O) groups is 1. The topological polar surface area (TPSA) is 82.0 Å². The molecule has 6 nitrogen and oxygen atoms in total. The van der Waals surface area contributed by atoms with Crippen molar-refractivity contribution < 1.29 is 19.7 Å². The molecule has 1 amide bonds. The number of piperidine rings is 1. The van der Waals surface area contributed by atoms with Crippen LogP contribution in [0.2, 0.25) is 0 Å². The van der Waals surface area contributed by atoms with E-state index in [1.54, 1.807) is 0 Å². The average Bonchev–Trinajstić information content (AvgIpc) is 3.44. The lowest BCUT2D eigenvalue weighted by molar-refractivity contribution is 0.00773. The third kappa shape index (κ3) is 5.19. The van der Waals surface area contributed by atoms with Crippen LogP contribution in [0.1, 0.15) is 37.7 Å². The zero-order valence-electron chi connectivity index (χ0n) is 15.3. The van der Waals surface area contributed by atoms with Gasteiger partial charge in [0.1, 0.15) is 6.61 Å². The first-order valence-electron chi connectivity index (χ1n) is 9.60. The largest absolute Gasteiger partial charge is 0.445 e. The summed E-state index contributed by atoms with van der Waals surface area (Å²) in [7, 11) is 0. The number of hydrogen-bond acceptors (Lipinski definition) is 5. The number of carbonyl (C=O) groups excluding carboxylic acids is 1. The second-order valence-electron chi connectivity index (χ2n) is 7.66. The highest BCUT2D eigenvalue weighted by Crippen LogP contribution is 2.53. The molecule has 1 spiro atoms. The summed E-state index contributed by atoms with van der Waals surface area (Å²) >= 11 is 0. The molecule has 1 aliphatic carbocycles. The highest BCUT2D eigenvalue weighted by molar-refractivity contribution is 5.67. The van der Waals surface area contributed by atoms with E-state index in [4.69, 9.17) is 4.74 Å². The molecule has 26 heavy (non-hydrogen) atoms. The van der Waals surface area contributed by atoms with Crippen molar-refractivity contribution in [3.63, 3.8) is 0 Å². The summed E-state index contributed by atoms with van der Waals surface area (Å²) in [5.74, 6) is 0. The van der Waals surface area contributed by atoms with Gasteiger partial charge in [-0.1, -0.05) is 30.3 Å². The van der Waals surface area contributed by atoms with Crippen molar-refractivity contribution in [3.8, 4) is 0 Å². The van der Waals surface area contributed by atoms with Crippen LogP contribution >= 0.6 is 0 Å². The first kappa shape index (κ1) is 19.1. The predicted octanol–water partition coefficient (Wildman–Crippen LogP) is 1.90. The molecule has 1 heterocycles. The van der Waals surface area contributed by atoms with Crippen LogP contribution in [0.5, 0.6) is 0 Å². The Labute approximate surface area is 155 Å². The van der Waals surface area contributed by atoms with E-state index in [0.717, 1.165) is 38.0 Å². The number of aliphatic hydroxyl groups is 2. The van der Waals surface area contributed by atoms with E-state index in [2.05, 4.69) is 10.2 Å². The lowest BCUT2D eigenvalue weighted by Gasteiger charge is -2.36. The molecule has 2 fully saturated rings. The van der Waals surface area contributed by atoms with Gasteiger partial charge in [0.05, 0.1) is 18.8 Å². The third-order valence-corrected chi connectivity index (χ3v) is 5.74. The monoisotopic (exact) mass is 362 g/mol. The Bertz CT molecular complexity index is 576. The maximum Gasteiger partial charge on any atom is 0.407 e. The van der Waals surface area contributed by atoms with Crippen molar-refractivity contribution in [1.29, 1.82) is 0 Å². The summed E-state index contributed by atoms with van der Waals surface area (Å²) in [4.78, 5) is 14.2. The molecule has 2 aliphatic rings. The van der Waals surface area contributed by atoms with Crippen LogP contribution in [0, 0.1) is 5.41 Å². The quantitative estimate of drug-likeness (QED) is 0.658. The summed E-state index contributed by atoms with van der Waals surface area (Å²) in [6, 6.07) is 9.20. The van der Waals surface area contributed by atoms with Gasteiger partial charge in [-0.3, -0.25) is 0 Å². The third-order valence-electron chi connectivity index (χ3n) is 5.74. The standard InChI is InChI=1S/C20H30N2O4/c23-14-17(21-19(25)26-15-16-5-2-1-3-6-16)7-4-11-22-12-10-20(8-9-20)18(24)13-22/h1-3,5-6,17-18,23-24H,4,7-15H2,(H,21,25)/t17-,18?/m0/s1. The van der Waals surface area contributed by atoms with Gasteiger partial charge in [-0.2, -0.15) is 0 Å². The Kier molecular flexibility index (Phi) is 6.51. The van der Waals surface area contributed by atoms with Crippen molar-refractivity contribution in [1.82, 2.24) is 10.2 Å². The highest BCUT2D eigenvalue weighted by Gasteiger charge is 2.50. The molecule has 1 saturated carbocycles. The first-order valence-corrected chi connectivity index (χ1v) is 9.60. The van der Waals surface area contributed by atoms with Gasteiger partial charge in [0.25, 0.3) is 0 Å². The fraction of sp³-hybridized carbons (Fsp3) is 0.650. The zero-order valence-corrected chi connectivity index (χ0v) is 15.3. The van der Waals surface area contributed by atoms with Crippen molar-refractivity contribution in [2.24, 2.45) is 5.41 Å². The minimum atomic E-state index is -0.503. The zero-order chi connectivity index (χ0) is 18.4. The second kappa shape index (κ2) is 8.84. The van der Waals surface area contributed by atoms with Crippen molar-refractivity contribution in [2.75, 3.05) is 26.2 Å². The molecule has 0 bridgehead atoms. The molecule has 1 unspecified atom stereocenters. The number of hydrogen-bond donors (Lipinski definition) is 3. The maximum absolute atomic E-state index is 11.9. The summed E-state index contributed by atoms with van der Waals surface area (Å²) in [6.07, 6.45) is 4.28. The fourth-order valence-corrected chi connectivity index (χ4v) is 3.73. The smallest absolute Gasteiger partial charge is 0.407 e. The van der Waals surface area contributed by atoms with Gasteiger partial charge < -0.3 is 25.2 Å².